The van der Waals surface area contributed by atoms with Crippen LogP contribution in [0.5, 0.6) is 0 Å². The Kier molecular flexibility index (Phi) is 10.3. The van der Waals surface area contributed by atoms with Gasteiger partial charge in [-0.1, -0.05) is 67.1 Å². The molecule has 0 saturated carbocycles. The number of anilines is 1. The Morgan fingerprint density at radius 3 is 2.39 bits per heavy atom. The maximum Gasteiger partial charge on any atom is 0.437 e. The van der Waals surface area contributed by atoms with E-state index in [4.69, 9.17) is 4.74 Å². The third-order valence-corrected chi connectivity index (χ3v) is 9.99. The SMILES string of the molecule is Cc1cc(-c2cn(COCC[Si](C)(C)C)c([N+](=O)[O-])n2)ccc1CNC(=O)Cc1ccc(NS(=O)(=O)c2ccccc2)cc1. The van der Waals surface area contributed by atoms with Gasteiger partial charge in [-0.25, -0.2) is 13.0 Å². The summed E-state index contributed by atoms with van der Waals surface area (Å²) in [5.41, 5.74) is 4.14. The number of nitro groups is 1. The number of carbonyl (C=O) groups excluding carboxylic acids is 1. The Bertz CT molecular complexity index is 1720. The number of nitrogens with one attached hydrogen (secondary N) is 2. The number of hydrogen-bond acceptors (Lipinski definition) is 7. The Hall–Kier alpha value is -4.33. The smallest absolute Gasteiger partial charge is 0.390 e. The van der Waals surface area contributed by atoms with Gasteiger partial charge >= 0.3 is 5.95 Å². The molecule has 0 atom stereocenters. The third kappa shape index (κ3) is 9.08. The number of sulfonamides is 1. The normalized spacial score (nSPS) is 11.7. The van der Waals surface area contributed by atoms with Gasteiger partial charge in [0.1, 0.15) is 6.20 Å². The van der Waals surface area contributed by atoms with Crippen LogP contribution in [0.1, 0.15) is 16.7 Å². The molecule has 1 aromatic heterocycles. The lowest BCUT2D eigenvalue weighted by Gasteiger charge is -2.14. The summed E-state index contributed by atoms with van der Waals surface area (Å²) >= 11 is 0. The van der Waals surface area contributed by atoms with Crippen LogP contribution < -0.4 is 10.0 Å². The molecular weight excluding hydrogens is 599 g/mol. The summed E-state index contributed by atoms with van der Waals surface area (Å²) in [6.45, 7) is 9.55. The predicted octanol–water partition coefficient (Wildman–Crippen LogP) is 5.74. The van der Waals surface area contributed by atoms with Gasteiger partial charge in [0.2, 0.25) is 5.91 Å². The molecule has 44 heavy (non-hydrogen) atoms. The Morgan fingerprint density at radius 1 is 1.05 bits per heavy atom. The molecule has 2 N–H and O–H groups in total. The lowest BCUT2D eigenvalue weighted by Crippen LogP contribution is -2.24. The molecule has 0 radical (unpaired) electrons. The molecule has 0 spiro atoms. The Morgan fingerprint density at radius 2 is 1.75 bits per heavy atom. The number of imidazole rings is 1. The van der Waals surface area contributed by atoms with Gasteiger partial charge in [-0.2, -0.15) is 0 Å². The summed E-state index contributed by atoms with van der Waals surface area (Å²) in [4.78, 5) is 28.1. The maximum absolute atomic E-state index is 12.6. The van der Waals surface area contributed by atoms with Crippen LogP contribution in [-0.2, 0) is 39.3 Å². The van der Waals surface area contributed by atoms with E-state index in [2.05, 4.69) is 34.7 Å². The van der Waals surface area contributed by atoms with Crippen molar-refractivity contribution >= 4 is 35.6 Å². The fourth-order valence-electron chi connectivity index (χ4n) is 4.33. The second-order valence-corrected chi connectivity index (χ2v) is 19.0. The van der Waals surface area contributed by atoms with Crippen LogP contribution in [0, 0.1) is 17.0 Å². The van der Waals surface area contributed by atoms with E-state index in [0.29, 0.717) is 24.5 Å². The summed E-state index contributed by atoms with van der Waals surface area (Å²) in [5.74, 6) is -0.460. The van der Waals surface area contributed by atoms with Crippen molar-refractivity contribution in [3.63, 3.8) is 0 Å². The van der Waals surface area contributed by atoms with Crippen LogP contribution >= 0.6 is 0 Å². The van der Waals surface area contributed by atoms with Crippen molar-refractivity contribution in [1.29, 1.82) is 0 Å². The minimum absolute atomic E-state index is 0.0584. The molecule has 4 aromatic rings. The zero-order valence-electron chi connectivity index (χ0n) is 25.2. The van der Waals surface area contributed by atoms with Crippen molar-refractivity contribution < 1.29 is 22.9 Å². The number of hydrogen-bond donors (Lipinski definition) is 2. The van der Waals surface area contributed by atoms with Gasteiger partial charge in [0.25, 0.3) is 10.0 Å². The molecule has 4 rings (SSSR count). The molecule has 232 valence electrons. The zero-order chi connectivity index (χ0) is 31.9. The summed E-state index contributed by atoms with van der Waals surface area (Å²) in [7, 11) is -4.97. The number of nitrogens with zero attached hydrogens (tertiary/aromatic N) is 3. The number of ether oxygens (including phenoxy) is 1. The molecule has 0 aliphatic heterocycles. The van der Waals surface area contributed by atoms with E-state index < -0.39 is 23.0 Å². The standard InChI is InChI=1S/C31H37N5O6SSi/c1-23-18-25(29-21-35(31(33-29)36(38)39)22-42-16-17-44(2,3)4)12-13-26(23)20-32-30(37)19-24-10-14-27(15-11-24)34-43(40,41)28-8-6-5-7-9-28/h5-15,18,21,34H,16-17,19-20,22H2,1-4H3,(H,32,37). The number of carbonyl (C=O) groups is 1. The summed E-state index contributed by atoms with van der Waals surface area (Å²) < 4.78 is 34.7. The molecule has 0 saturated heterocycles. The fourth-order valence-corrected chi connectivity index (χ4v) is 6.16. The maximum atomic E-state index is 12.6. The van der Waals surface area contributed by atoms with E-state index in [1.165, 1.54) is 16.7 Å². The second-order valence-electron chi connectivity index (χ2n) is 11.7. The van der Waals surface area contributed by atoms with Gasteiger partial charge in [-0.05, 0) is 64.9 Å². The highest BCUT2D eigenvalue weighted by molar-refractivity contribution is 7.92. The highest BCUT2D eigenvalue weighted by Crippen LogP contribution is 2.25. The van der Waals surface area contributed by atoms with Crippen LogP contribution in [0.3, 0.4) is 0 Å². The lowest BCUT2D eigenvalue weighted by molar-refractivity contribution is -0.397. The number of aryl methyl sites for hydroxylation is 1. The van der Waals surface area contributed by atoms with Crippen LogP contribution in [0.4, 0.5) is 11.6 Å². The molecule has 11 nitrogen and oxygen atoms in total. The first-order valence-electron chi connectivity index (χ1n) is 14.1. The van der Waals surface area contributed by atoms with Gasteiger partial charge in [-0.15, -0.1) is 0 Å². The Labute approximate surface area is 258 Å². The van der Waals surface area contributed by atoms with Gasteiger partial charge in [0.05, 0.1) is 11.3 Å². The molecular formula is C31H37N5O6SSi. The molecule has 0 aliphatic carbocycles. The fraction of sp³-hybridized carbons (Fsp3) is 0.290. The summed E-state index contributed by atoms with van der Waals surface area (Å²) in [5, 5.41) is 14.5. The zero-order valence-corrected chi connectivity index (χ0v) is 27.1. The first kappa shape index (κ1) is 32.6. The first-order valence-corrected chi connectivity index (χ1v) is 19.3. The summed E-state index contributed by atoms with van der Waals surface area (Å²) in [6.07, 6.45) is 1.75. The molecule has 1 heterocycles. The topological polar surface area (TPSA) is 145 Å². The molecule has 0 aliphatic rings. The minimum Gasteiger partial charge on any atom is -0.390 e. The largest absolute Gasteiger partial charge is 0.437 e. The molecule has 0 fully saturated rings. The average Bonchev–Trinajstić information content (AvgIpc) is 3.40. The molecule has 1 amide bonds. The van der Waals surface area contributed by atoms with Crippen molar-refractivity contribution in [3.8, 4) is 11.3 Å². The number of rotatable bonds is 14. The molecule has 3 aromatic carbocycles. The van der Waals surface area contributed by atoms with E-state index in [0.717, 1.165) is 28.3 Å². The van der Waals surface area contributed by atoms with Gasteiger partial charge in [-0.3, -0.25) is 9.52 Å². The van der Waals surface area contributed by atoms with Crippen molar-refractivity contribution in [2.24, 2.45) is 0 Å². The van der Waals surface area contributed by atoms with Gasteiger partial charge in [0.15, 0.2) is 12.4 Å². The van der Waals surface area contributed by atoms with E-state index in [-0.39, 0.29) is 29.9 Å². The number of amides is 1. The predicted molar refractivity (Wildman–Crippen MR) is 172 cm³/mol. The van der Waals surface area contributed by atoms with Crippen molar-refractivity contribution in [3.05, 3.63) is 106 Å². The molecule has 13 heteroatoms. The molecule has 0 bridgehead atoms. The number of aromatic nitrogens is 2. The molecule has 0 unspecified atom stereocenters. The quantitative estimate of drug-likeness (QED) is 0.0778. The van der Waals surface area contributed by atoms with Crippen molar-refractivity contribution in [1.82, 2.24) is 14.9 Å². The Balaban J connectivity index is 1.32. The van der Waals surface area contributed by atoms with Gasteiger partial charge < -0.3 is 20.2 Å². The second kappa shape index (κ2) is 14.0. The van der Waals surface area contributed by atoms with Crippen molar-refractivity contribution in [2.75, 3.05) is 11.3 Å². The lowest BCUT2D eigenvalue weighted by atomic mass is 10.0. The van der Waals surface area contributed by atoms with Crippen molar-refractivity contribution in [2.45, 2.75) is 57.2 Å². The van der Waals surface area contributed by atoms with E-state index in [1.807, 2.05) is 25.1 Å². The van der Waals surface area contributed by atoms with Crippen LogP contribution in [0.25, 0.3) is 11.3 Å². The van der Waals surface area contributed by atoms with Crippen LogP contribution in [0.2, 0.25) is 25.7 Å². The third-order valence-electron chi connectivity index (χ3n) is 6.88. The van der Waals surface area contributed by atoms with E-state index in [9.17, 15) is 23.3 Å². The van der Waals surface area contributed by atoms with E-state index in [1.54, 1.807) is 48.7 Å². The number of benzene rings is 3. The van der Waals surface area contributed by atoms with Crippen LogP contribution in [-0.4, -0.2) is 43.5 Å². The highest BCUT2D eigenvalue weighted by atomic mass is 32.2. The monoisotopic (exact) mass is 635 g/mol. The minimum atomic E-state index is -3.70. The summed E-state index contributed by atoms with van der Waals surface area (Å²) in [6, 6.07) is 21.3. The first-order chi connectivity index (χ1) is 20.8. The van der Waals surface area contributed by atoms with Gasteiger partial charge in [0, 0.05) is 32.5 Å². The highest BCUT2D eigenvalue weighted by Gasteiger charge is 2.22. The average molecular weight is 636 g/mol. The van der Waals surface area contributed by atoms with Crippen LogP contribution in [0.15, 0.2) is 83.9 Å². The van der Waals surface area contributed by atoms with E-state index >= 15 is 0 Å².